The zero-order valence-electron chi connectivity index (χ0n) is 20.4. The second-order valence-corrected chi connectivity index (χ2v) is 9.72. The molecule has 35 heavy (non-hydrogen) atoms. The van der Waals surface area contributed by atoms with Crippen molar-refractivity contribution >= 4 is 41.2 Å². The minimum absolute atomic E-state index is 0.0531. The summed E-state index contributed by atoms with van der Waals surface area (Å²) in [5, 5.41) is 6.56. The number of rotatable bonds is 9. The number of para-hydroxylation sites is 1. The van der Waals surface area contributed by atoms with Crippen LogP contribution in [0.25, 0.3) is 0 Å². The number of carbonyl (C=O) groups is 2. The molecule has 9 heteroatoms. The number of benzene rings is 1. The highest BCUT2D eigenvalue weighted by atomic mass is 32.2. The average Bonchev–Trinajstić information content (AvgIpc) is 3.19. The first kappa shape index (κ1) is 25.4. The minimum Gasteiger partial charge on any atom is -0.383 e. The molecule has 2 N–H and O–H groups in total. The smallest absolute Gasteiger partial charge is 0.173 e. The number of carbonyl (C=O) groups excluding carboxylic acids is 2. The van der Waals surface area contributed by atoms with Gasteiger partial charge in [0.15, 0.2) is 12.1 Å². The molecule has 2 aliphatic rings. The van der Waals surface area contributed by atoms with E-state index < -0.39 is 0 Å². The van der Waals surface area contributed by atoms with Crippen molar-refractivity contribution in [2.24, 2.45) is 0 Å². The second-order valence-electron chi connectivity index (χ2n) is 8.59. The number of hydrogen-bond donors (Lipinski definition) is 2. The Hall–Kier alpha value is -2.72. The number of Topliss-reactive ketones (excluding diaryl/α,β-unsaturated/α-hetero) is 1. The molecule has 0 aliphatic carbocycles. The van der Waals surface area contributed by atoms with Crippen LogP contribution in [-0.2, 0) is 9.53 Å². The summed E-state index contributed by atoms with van der Waals surface area (Å²) in [6.45, 7) is 7.49. The number of methoxy groups -OCH3 is 1. The van der Waals surface area contributed by atoms with Crippen LogP contribution >= 0.6 is 11.8 Å². The molecule has 0 radical (unpaired) electrons. The van der Waals surface area contributed by atoms with Crippen molar-refractivity contribution in [1.29, 1.82) is 0 Å². The Morgan fingerprint density at radius 1 is 1.23 bits per heavy atom. The molecule has 3 heterocycles. The van der Waals surface area contributed by atoms with E-state index in [-0.39, 0.29) is 12.3 Å². The number of pyridine rings is 1. The molecule has 0 saturated carbocycles. The van der Waals surface area contributed by atoms with Crippen molar-refractivity contribution in [3.63, 3.8) is 0 Å². The fraction of sp³-hybridized carbons (Fsp3) is 0.423. The van der Waals surface area contributed by atoms with Gasteiger partial charge in [-0.25, -0.2) is 4.98 Å². The number of fused-ring (bicyclic) bond motifs is 1. The first-order chi connectivity index (χ1) is 17.1. The summed E-state index contributed by atoms with van der Waals surface area (Å²) in [6.07, 6.45) is 1.91. The lowest BCUT2D eigenvalue weighted by Gasteiger charge is -2.33. The predicted octanol–water partition coefficient (Wildman–Crippen LogP) is 3.02. The summed E-state index contributed by atoms with van der Waals surface area (Å²) in [6, 6.07) is 11.9. The molecule has 8 nitrogen and oxygen atoms in total. The van der Waals surface area contributed by atoms with Gasteiger partial charge < -0.3 is 25.2 Å². The molecule has 1 saturated heterocycles. The molecule has 0 atom stereocenters. The molecular weight excluding hydrogens is 462 g/mol. The number of aromatic nitrogens is 1. The molecule has 186 valence electrons. The third kappa shape index (κ3) is 6.10. The number of nitrogens with one attached hydrogen (secondary N) is 2. The highest BCUT2D eigenvalue weighted by Gasteiger charge is 2.28. The van der Waals surface area contributed by atoms with Gasteiger partial charge in [0.25, 0.3) is 0 Å². The van der Waals surface area contributed by atoms with Crippen molar-refractivity contribution in [2.75, 3.05) is 69.3 Å². The van der Waals surface area contributed by atoms with E-state index >= 15 is 0 Å². The fourth-order valence-corrected chi connectivity index (χ4v) is 5.37. The first-order valence-corrected chi connectivity index (χ1v) is 12.8. The van der Waals surface area contributed by atoms with E-state index in [1.807, 2.05) is 43.3 Å². The van der Waals surface area contributed by atoms with Gasteiger partial charge in [0.1, 0.15) is 11.6 Å². The molecule has 2 aromatic rings. The Morgan fingerprint density at radius 2 is 2.09 bits per heavy atom. The molecule has 1 fully saturated rings. The quantitative estimate of drug-likeness (QED) is 0.310. The molecule has 1 aromatic heterocycles. The van der Waals surface area contributed by atoms with Gasteiger partial charge >= 0.3 is 0 Å². The molecule has 0 amide bonds. The van der Waals surface area contributed by atoms with Gasteiger partial charge in [-0.1, -0.05) is 23.9 Å². The normalized spacial score (nSPS) is 17.5. The van der Waals surface area contributed by atoms with Crippen LogP contribution < -0.4 is 20.4 Å². The summed E-state index contributed by atoms with van der Waals surface area (Å²) in [7, 11) is 1.64. The molecule has 0 unspecified atom stereocenters. The van der Waals surface area contributed by atoms with Gasteiger partial charge in [0.2, 0.25) is 0 Å². The predicted molar refractivity (Wildman–Crippen MR) is 141 cm³/mol. The van der Waals surface area contributed by atoms with Crippen molar-refractivity contribution in [2.45, 2.75) is 18.2 Å². The SMILES string of the molecule is COCCNCC(=O)/C(C)=C1/CN(c2nc(N3CCCNCC3)ccc2C=O)c2ccccc2S1. The van der Waals surface area contributed by atoms with Gasteiger partial charge in [-0.3, -0.25) is 9.59 Å². The Labute approximate surface area is 211 Å². The number of aldehydes is 1. The van der Waals surface area contributed by atoms with Crippen LogP contribution in [0, 0.1) is 0 Å². The van der Waals surface area contributed by atoms with Crippen molar-refractivity contribution in [1.82, 2.24) is 15.6 Å². The minimum atomic E-state index is 0.0531. The number of thioether (sulfide) groups is 1. The third-order valence-electron chi connectivity index (χ3n) is 6.23. The van der Waals surface area contributed by atoms with Crippen LogP contribution in [-0.4, -0.2) is 76.6 Å². The Morgan fingerprint density at radius 3 is 2.91 bits per heavy atom. The fourth-order valence-electron chi connectivity index (χ4n) is 4.22. The van der Waals surface area contributed by atoms with Crippen molar-refractivity contribution < 1.29 is 14.3 Å². The Kier molecular flexibility index (Phi) is 8.92. The van der Waals surface area contributed by atoms with E-state index in [9.17, 15) is 9.59 Å². The van der Waals surface area contributed by atoms with E-state index in [0.29, 0.717) is 31.1 Å². The van der Waals surface area contributed by atoms with Gasteiger partial charge in [-0.15, -0.1) is 0 Å². The molecular formula is C26H33N5O3S. The number of anilines is 3. The zero-order valence-corrected chi connectivity index (χ0v) is 21.2. The first-order valence-electron chi connectivity index (χ1n) is 12.0. The maximum absolute atomic E-state index is 12.9. The molecule has 0 bridgehead atoms. The molecule has 1 aromatic carbocycles. The number of ether oxygens (including phenoxy) is 1. The maximum Gasteiger partial charge on any atom is 0.173 e. The van der Waals surface area contributed by atoms with Crippen molar-refractivity contribution in [3.05, 3.63) is 52.4 Å². The van der Waals surface area contributed by atoms with Crippen molar-refractivity contribution in [3.8, 4) is 0 Å². The largest absolute Gasteiger partial charge is 0.383 e. The topological polar surface area (TPSA) is 86.8 Å². The molecule has 2 aliphatic heterocycles. The van der Waals surface area contributed by atoms with Gasteiger partial charge in [-0.2, -0.15) is 0 Å². The number of nitrogens with zero attached hydrogens (tertiary/aromatic N) is 3. The Bertz CT molecular complexity index is 1080. The lowest BCUT2D eigenvalue weighted by molar-refractivity contribution is -0.114. The summed E-state index contributed by atoms with van der Waals surface area (Å²) in [5.41, 5.74) is 2.25. The summed E-state index contributed by atoms with van der Waals surface area (Å²) in [5.74, 6) is 1.54. The second kappa shape index (κ2) is 12.3. The van der Waals surface area contributed by atoms with Crippen LogP contribution in [0.15, 0.2) is 51.8 Å². The summed E-state index contributed by atoms with van der Waals surface area (Å²) < 4.78 is 5.05. The highest BCUT2D eigenvalue weighted by molar-refractivity contribution is 8.03. The lowest BCUT2D eigenvalue weighted by Crippen LogP contribution is -2.31. The van der Waals surface area contributed by atoms with Crippen LogP contribution in [0.2, 0.25) is 0 Å². The summed E-state index contributed by atoms with van der Waals surface area (Å²) in [4.78, 5) is 36.3. The van der Waals surface area contributed by atoms with E-state index in [0.717, 1.165) is 65.8 Å². The van der Waals surface area contributed by atoms with E-state index in [4.69, 9.17) is 9.72 Å². The average molecular weight is 496 g/mol. The lowest BCUT2D eigenvalue weighted by atomic mass is 10.1. The Balaban J connectivity index is 1.68. The van der Waals surface area contributed by atoms with Crippen LogP contribution in [0.3, 0.4) is 0 Å². The van der Waals surface area contributed by atoms with E-state index in [1.165, 1.54) is 0 Å². The van der Waals surface area contributed by atoms with E-state index in [2.05, 4.69) is 20.4 Å². The molecule has 0 spiro atoms. The van der Waals surface area contributed by atoms with Gasteiger partial charge in [0.05, 0.1) is 30.9 Å². The van der Waals surface area contributed by atoms with Crippen LogP contribution in [0.1, 0.15) is 23.7 Å². The maximum atomic E-state index is 12.9. The van der Waals surface area contributed by atoms with Crippen LogP contribution in [0.5, 0.6) is 0 Å². The zero-order chi connectivity index (χ0) is 24.6. The third-order valence-corrected chi connectivity index (χ3v) is 7.48. The number of hydrogen-bond acceptors (Lipinski definition) is 9. The van der Waals surface area contributed by atoms with Gasteiger partial charge in [0, 0.05) is 48.7 Å². The highest BCUT2D eigenvalue weighted by Crippen LogP contribution is 2.45. The summed E-state index contributed by atoms with van der Waals surface area (Å²) >= 11 is 1.61. The molecule has 4 rings (SSSR count). The number of ketones is 1. The van der Waals surface area contributed by atoms with Gasteiger partial charge in [-0.05, 0) is 44.2 Å². The van der Waals surface area contributed by atoms with E-state index in [1.54, 1.807) is 18.9 Å². The monoisotopic (exact) mass is 495 g/mol. The van der Waals surface area contributed by atoms with Crippen LogP contribution in [0.4, 0.5) is 17.3 Å². The standard InChI is InChI=1S/C26H33N5O3S/c1-19(22(33)16-28-12-15-34-2)24-17-31(21-6-3-4-7-23(21)35-24)26-20(18-32)8-9-25(29-26)30-13-5-10-27-11-14-30/h3-4,6-9,18,27-28H,5,10-17H2,1-2H3/b24-19-.